The number of ether oxygens (including phenoxy) is 2. The van der Waals surface area contributed by atoms with E-state index >= 15 is 4.79 Å². The molecule has 4 atom stereocenters. The first-order valence-corrected chi connectivity index (χ1v) is 23.3. The van der Waals surface area contributed by atoms with E-state index in [1.54, 1.807) is 16.9 Å². The van der Waals surface area contributed by atoms with Crippen LogP contribution in [-0.4, -0.2) is 62.2 Å². The average molecular weight is 794 g/mol. The molecule has 0 aromatic heterocycles. The monoisotopic (exact) mass is 793 g/mol. The van der Waals surface area contributed by atoms with E-state index < -0.39 is 19.8 Å². The molecule has 9 nitrogen and oxygen atoms in total. The van der Waals surface area contributed by atoms with Crippen molar-refractivity contribution < 1.29 is 29.0 Å². The summed E-state index contributed by atoms with van der Waals surface area (Å²) in [5.41, 5.74) is 4.77. The van der Waals surface area contributed by atoms with Crippen LogP contribution in [0.25, 0.3) is 0 Å². The third kappa shape index (κ3) is 6.93. The molecule has 298 valence electrons. The van der Waals surface area contributed by atoms with E-state index in [4.69, 9.17) is 9.47 Å². The lowest BCUT2D eigenvalue weighted by atomic mass is 9.82. The van der Waals surface area contributed by atoms with Crippen molar-refractivity contribution in [3.05, 3.63) is 150 Å². The van der Waals surface area contributed by atoms with Crippen LogP contribution in [0, 0.1) is 5.92 Å². The normalized spacial score (nSPS) is 21.3. The number of benzene rings is 5. The van der Waals surface area contributed by atoms with Gasteiger partial charge in [-0.1, -0.05) is 116 Å². The van der Waals surface area contributed by atoms with E-state index in [0.717, 1.165) is 45.1 Å². The molecule has 1 spiro atoms. The molecule has 0 radical (unpaired) electrons. The topological polar surface area (TPSA) is 99.6 Å². The van der Waals surface area contributed by atoms with Gasteiger partial charge in [0.1, 0.15) is 5.75 Å². The van der Waals surface area contributed by atoms with Gasteiger partial charge in [-0.05, 0) is 65.1 Å². The highest BCUT2D eigenvalue weighted by Crippen LogP contribution is 2.60. The van der Waals surface area contributed by atoms with Crippen molar-refractivity contribution in [1.82, 2.24) is 4.90 Å². The molecule has 3 aliphatic heterocycles. The summed E-state index contributed by atoms with van der Waals surface area (Å²) >= 11 is 0. The van der Waals surface area contributed by atoms with Crippen molar-refractivity contribution in [1.29, 1.82) is 0 Å². The second kappa shape index (κ2) is 16.0. The number of aliphatic hydroxyl groups excluding tert-OH is 1. The highest BCUT2D eigenvalue weighted by Gasteiger charge is 2.66. The van der Waals surface area contributed by atoms with Crippen LogP contribution >= 0.6 is 0 Å². The number of aliphatic hydroxyl groups is 1. The number of para-hydroxylation sites is 2. The van der Waals surface area contributed by atoms with Gasteiger partial charge in [0.05, 0.1) is 52.2 Å². The average Bonchev–Trinajstić information content (AvgIpc) is 3.67. The molecule has 0 bridgehead atoms. The van der Waals surface area contributed by atoms with Crippen molar-refractivity contribution in [2.24, 2.45) is 5.92 Å². The third-order valence-electron chi connectivity index (χ3n) is 12.7. The van der Waals surface area contributed by atoms with Crippen LogP contribution in [0.15, 0.2) is 127 Å². The fourth-order valence-corrected chi connectivity index (χ4v) is 13.8. The van der Waals surface area contributed by atoms with Crippen LogP contribution in [0.1, 0.15) is 42.0 Å². The standard InChI is InChI=1S/C48H51N3O6Si/c1-33-46(58(3,4)39-24-22-38(56-2)23-25-39)43(30-45(54)49(27-28-52)31-34-13-6-5-7-14-34)57-48(33)40-18-9-11-20-42(40)50(47(48)55)32-35-15-12-17-37(29-35)51-41-19-10-8-16-36(41)21-26-44(51)53/h5-20,22-25,29,33,43,46,52H,21,26-28,30-32H2,1-4H3/t33-,43+,46-,48+/m1/s1. The van der Waals surface area contributed by atoms with Crippen LogP contribution in [0.3, 0.4) is 0 Å². The second-order valence-electron chi connectivity index (χ2n) is 16.3. The molecule has 1 saturated heterocycles. The first kappa shape index (κ1) is 39.3. The molecule has 58 heavy (non-hydrogen) atoms. The van der Waals surface area contributed by atoms with Crippen LogP contribution < -0.4 is 19.7 Å². The Labute approximate surface area is 341 Å². The molecule has 3 aliphatic rings. The SMILES string of the molecule is COc1ccc([Si](C)(C)[C@H]2[C@H](CC(=O)N(CCO)Cc3ccccc3)O[C@@]3(C(=O)N(Cc4cccc(N5C(=O)CCc6ccccc65)c4)c4ccccc43)[C@@H]2C)cc1. The minimum atomic E-state index is -2.51. The molecule has 5 aromatic rings. The molecule has 5 aromatic carbocycles. The zero-order chi connectivity index (χ0) is 40.6. The maximum absolute atomic E-state index is 15.4. The number of aryl methyl sites for hydroxylation is 1. The minimum Gasteiger partial charge on any atom is -0.497 e. The molecule has 8 rings (SSSR count). The lowest BCUT2D eigenvalue weighted by molar-refractivity contribution is -0.150. The van der Waals surface area contributed by atoms with Gasteiger partial charge in [-0.15, -0.1) is 0 Å². The Balaban J connectivity index is 1.16. The molecule has 3 amide bonds. The molecule has 1 N–H and O–H groups in total. The molecule has 0 aliphatic carbocycles. The molecular weight excluding hydrogens is 743 g/mol. The number of hydrogen-bond donors (Lipinski definition) is 1. The highest BCUT2D eigenvalue weighted by atomic mass is 28.3. The van der Waals surface area contributed by atoms with Crippen LogP contribution in [0.5, 0.6) is 5.75 Å². The Morgan fingerprint density at radius 2 is 1.55 bits per heavy atom. The first-order chi connectivity index (χ1) is 28.1. The molecule has 0 saturated carbocycles. The summed E-state index contributed by atoms with van der Waals surface area (Å²) in [5, 5.41) is 11.2. The van der Waals surface area contributed by atoms with Crippen LogP contribution in [0.4, 0.5) is 17.1 Å². The Kier molecular flexibility index (Phi) is 10.8. The first-order valence-electron chi connectivity index (χ1n) is 20.2. The number of rotatable bonds is 12. The van der Waals surface area contributed by atoms with E-state index in [0.29, 0.717) is 19.4 Å². The highest BCUT2D eigenvalue weighted by molar-refractivity contribution is 6.91. The Morgan fingerprint density at radius 3 is 2.29 bits per heavy atom. The summed E-state index contributed by atoms with van der Waals surface area (Å²) in [4.78, 5) is 48.5. The van der Waals surface area contributed by atoms with Gasteiger partial charge in [-0.25, -0.2) is 0 Å². The summed E-state index contributed by atoms with van der Waals surface area (Å²) < 4.78 is 12.8. The van der Waals surface area contributed by atoms with Crippen molar-refractivity contribution >= 4 is 48.0 Å². The number of methoxy groups -OCH3 is 1. The van der Waals surface area contributed by atoms with Gasteiger partial charge in [-0.3, -0.25) is 19.3 Å². The van der Waals surface area contributed by atoms with Gasteiger partial charge in [0.15, 0.2) is 5.60 Å². The lowest BCUT2D eigenvalue weighted by Crippen LogP contribution is -2.52. The third-order valence-corrected chi connectivity index (χ3v) is 17.0. The summed E-state index contributed by atoms with van der Waals surface area (Å²) in [6, 6.07) is 41.8. The maximum Gasteiger partial charge on any atom is 0.264 e. The number of hydrogen-bond acceptors (Lipinski definition) is 6. The zero-order valence-corrected chi connectivity index (χ0v) is 34.6. The Bertz CT molecular complexity index is 2320. The van der Waals surface area contributed by atoms with E-state index in [-0.39, 0.29) is 55.3 Å². The van der Waals surface area contributed by atoms with Gasteiger partial charge in [0, 0.05) is 36.7 Å². The van der Waals surface area contributed by atoms with E-state index in [1.165, 1.54) is 5.19 Å². The van der Waals surface area contributed by atoms with Gasteiger partial charge >= 0.3 is 0 Å². The van der Waals surface area contributed by atoms with Crippen molar-refractivity contribution in [3.63, 3.8) is 0 Å². The largest absolute Gasteiger partial charge is 0.497 e. The predicted molar refractivity (Wildman–Crippen MR) is 229 cm³/mol. The summed E-state index contributed by atoms with van der Waals surface area (Å²) in [7, 11) is -0.861. The molecule has 10 heteroatoms. The van der Waals surface area contributed by atoms with Crippen molar-refractivity contribution in [3.8, 4) is 5.75 Å². The van der Waals surface area contributed by atoms with Gasteiger partial charge in [0.25, 0.3) is 5.91 Å². The number of anilines is 3. The minimum absolute atomic E-state index is 0.0437. The van der Waals surface area contributed by atoms with Crippen molar-refractivity contribution in [2.75, 3.05) is 30.1 Å². The fourth-order valence-electron chi connectivity index (χ4n) is 9.83. The second-order valence-corrected chi connectivity index (χ2v) is 21.0. The number of carbonyl (C=O) groups excluding carboxylic acids is 3. The van der Waals surface area contributed by atoms with E-state index in [9.17, 15) is 14.7 Å². The maximum atomic E-state index is 15.4. The van der Waals surface area contributed by atoms with E-state index in [1.807, 2.05) is 114 Å². The molecule has 3 heterocycles. The van der Waals surface area contributed by atoms with Gasteiger partial charge < -0.3 is 24.4 Å². The summed E-state index contributed by atoms with van der Waals surface area (Å²) in [6.07, 6.45) is 0.637. The van der Waals surface area contributed by atoms with Gasteiger partial charge in [-0.2, -0.15) is 0 Å². The quantitative estimate of drug-likeness (QED) is 0.132. The molecular formula is C48H51N3O6Si. The van der Waals surface area contributed by atoms with Crippen molar-refractivity contribution in [2.45, 2.75) is 69.6 Å². The summed E-state index contributed by atoms with van der Waals surface area (Å²) in [6.45, 7) is 7.40. The number of fused-ring (bicyclic) bond motifs is 3. The number of nitrogens with zero attached hydrogens (tertiary/aromatic N) is 3. The molecule has 0 unspecified atom stereocenters. The summed E-state index contributed by atoms with van der Waals surface area (Å²) in [5.74, 6) is 0.241. The number of carbonyl (C=O) groups is 3. The van der Waals surface area contributed by atoms with Gasteiger partial charge in [0.2, 0.25) is 11.8 Å². The number of amides is 3. The Morgan fingerprint density at radius 1 is 0.862 bits per heavy atom. The van der Waals surface area contributed by atoms with E-state index in [2.05, 4.69) is 38.2 Å². The Hall–Kier alpha value is -5.55. The zero-order valence-electron chi connectivity index (χ0n) is 33.6. The van der Waals surface area contributed by atoms with Crippen LogP contribution in [0.2, 0.25) is 18.6 Å². The predicted octanol–water partition coefficient (Wildman–Crippen LogP) is 7.48. The fraction of sp³-hybridized carbons (Fsp3) is 0.312. The molecule has 1 fully saturated rings. The van der Waals surface area contributed by atoms with Crippen LogP contribution in [-0.2, 0) is 44.2 Å². The lowest BCUT2D eigenvalue weighted by Gasteiger charge is -2.37. The smallest absolute Gasteiger partial charge is 0.264 e.